The van der Waals surface area contributed by atoms with Crippen LogP contribution in [0.5, 0.6) is 0 Å². The topological polar surface area (TPSA) is 78.3 Å². The van der Waals surface area contributed by atoms with Crippen LogP contribution in [-0.2, 0) is 15.7 Å². The van der Waals surface area contributed by atoms with Crippen molar-refractivity contribution in [3.05, 3.63) is 109 Å². The van der Waals surface area contributed by atoms with Gasteiger partial charge < -0.3 is 14.8 Å². The van der Waals surface area contributed by atoms with Gasteiger partial charge in [-0.05, 0) is 50.1 Å². The minimum atomic E-state index is -4.46. The summed E-state index contributed by atoms with van der Waals surface area (Å²) in [4.78, 5) is 17.4. The van der Waals surface area contributed by atoms with Crippen molar-refractivity contribution in [2.45, 2.75) is 64.4 Å². The highest BCUT2D eigenvalue weighted by molar-refractivity contribution is 7.04. The molecule has 0 spiro atoms. The van der Waals surface area contributed by atoms with Gasteiger partial charge in [0.1, 0.15) is 19.4 Å². The van der Waals surface area contributed by atoms with Crippen molar-refractivity contribution >= 4 is 35.6 Å². The molecule has 49 heavy (non-hydrogen) atoms. The predicted octanol–water partition coefficient (Wildman–Crippen LogP) is 7.80. The summed E-state index contributed by atoms with van der Waals surface area (Å²) in [6.07, 6.45) is -2.95. The van der Waals surface area contributed by atoms with Gasteiger partial charge in [0.05, 0.1) is 18.2 Å². The lowest BCUT2D eigenvalue weighted by atomic mass is 10.1. The van der Waals surface area contributed by atoms with Crippen LogP contribution in [0.25, 0.3) is 22.3 Å². The molecule has 0 fully saturated rings. The van der Waals surface area contributed by atoms with Gasteiger partial charge in [0.25, 0.3) is 0 Å². The van der Waals surface area contributed by atoms with Gasteiger partial charge in [-0.1, -0.05) is 104 Å². The number of hydrogen-bond donors (Lipinski definition) is 1. The number of aromatic nitrogens is 3. The summed E-state index contributed by atoms with van der Waals surface area (Å²) in [6.45, 7) is 12.4. The Morgan fingerprint density at radius 3 is 1.96 bits per heavy atom. The first-order valence-corrected chi connectivity index (χ1v) is 18.5. The average molecular weight is 689 g/mol. The van der Waals surface area contributed by atoms with E-state index < -0.39 is 37.5 Å². The molecular formula is C38H43F3N4O3Si. The Hall–Kier alpha value is -4.48. The molecule has 1 amide bonds. The Bertz CT molecular complexity index is 1810. The van der Waals surface area contributed by atoms with Gasteiger partial charge in [-0.3, -0.25) is 0 Å². The molecule has 1 N–H and O–H groups in total. The fourth-order valence-corrected chi connectivity index (χ4v) is 11.0. The summed E-state index contributed by atoms with van der Waals surface area (Å²) in [5.74, 6) is 0. The Morgan fingerprint density at radius 2 is 1.43 bits per heavy atom. The Balaban J connectivity index is 1.54. The summed E-state index contributed by atoms with van der Waals surface area (Å²) in [5, 5.41) is 10.8. The second kappa shape index (κ2) is 14.2. The van der Waals surface area contributed by atoms with Gasteiger partial charge in [-0.25, -0.2) is 14.5 Å². The lowest BCUT2D eigenvalue weighted by Gasteiger charge is -2.44. The van der Waals surface area contributed by atoms with Crippen molar-refractivity contribution in [1.82, 2.24) is 20.1 Å². The standard InChI is InChI=1S/C38H43F3N4O3Si/c1-36(2,3)48-35(46)43-24-29(25-47-26-49(37(4,5)6,30-14-9-7-10-15-30)31-16-11-8-12-17-31)45-34-32(18-13-23-42-34)33(44-45)27-19-21-28(22-20-27)38(39,40)41/h7-23,29H,24-26H2,1-6H3,(H,43,46). The van der Waals surface area contributed by atoms with Crippen molar-refractivity contribution in [2.24, 2.45) is 0 Å². The molecule has 0 bridgehead atoms. The third-order valence-corrected chi connectivity index (χ3v) is 14.5. The van der Waals surface area contributed by atoms with Gasteiger partial charge >= 0.3 is 12.3 Å². The van der Waals surface area contributed by atoms with Crippen molar-refractivity contribution in [3.63, 3.8) is 0 Å². The van der Waals surface area contributed by atoms with Crippen molar-refractivity contribution in [2.75, 3.05) is 19.4 Å². The summed E-state index contributed by atoms with van der Waals surface area (Å²) in [5.41, 5.74) is 0.0642. The molecule has 0 radical (unpaired) electrons. The molecule has 11 heteroatoms. The van der Waals surface area contributed by atoms with Crippen LogP contribution < -0.4 is 15.7 Å². The van der Waals surface area contributed by atoms with E-state index in [2.05, 4.69) is 79.6 Å². The SMILES string of the molecule is CC(C)(C)OC(=O)NCC(COC[Si](c1ccccc1)(c1ccccc1)C(C)(C)C)n1nc(-c2ccc(C(F)(F)F)cc2)c2cccnc21. The summed E-state index contributed by atoms with van der Waals surface area (Å²) in [6, 6.07) is 28.9. The monoisotopic (exact) mass is 688 g/mol. The minimum absolute atomic E-state index is 0.107. The molecule has 1 unspecified atom stereocenters. The molecular weight excluding hydrogens is 646 g/mol. The molecule has 258 valence electrons. The Kier molecular flexibility index (Phi) is 10.4. The largest absolute Gasteiger partial charge is 0.444 e. The number of halogens is 3. The molecule has 0 saturated carbocycles. The average Bonchev–Trinajstić information content (AvgIpc) is 3.43. The highest BCUT2D eigenvalue weighted by Gasteiger charge is 2.48. The van der Waals surface area contributed by atoms with E-state index in [1.807, 2.05) is 18.2 Å². The quantitative estimate of drug-likeness (QED) is 0.152. The number of nitrogens with one attached hydrogen (secondary N) is 1. The summed E-state index contributed by atoms with van der Waals surface area (Å²) >= 11 is 0. The van der Waals surface area contributed by atoms with Crippen molar-refractivity contribution in [3.8, 4) is 11.3 Å². The van der Waals surface area contributed by atoms with Gasteiger partial charge in [0.2, 0.25) is 0 Å². The van der Waals surface area contributed by atoms with Crippen LogP contribution in [0, 0.1) is 0 Å². The molecule has 3 aromatic carbocycles. The summed E-state index contributed by atoms with van der Waals surface area (Å²) in [7, 11) is -2.59. The molecule has 5 aromatic rings. The number of pyridine rings is 1. The first-order chi connectivity index (χ1) is 23.1. The van der Waals surface area contributed by atoms with Crippen LogP contribution in [0.2, 0.25) is 5.04 Å². The molecule has 5 rings (SSSR count). The number of hydrogen-bond acceptors (Lipinski definition) is 5. The molecule has 1 atom stereocenters. The maximum atomic E-state index is 13.3. The zero-order valence-corrected chi connectivity index (χ0v) is 29.7. The Morgan fingerprint density at radius 1 is 0.837 bits per heavy atom. The van der Waals surface area contributed by atoms with Crippen LogP contribution in [0.15, 0.2) is 103 Å². The number of nitrogens with zero attached hydrogens (tertiary/aromatic N) is 3. The fraction of sp³-hybridized carbons (Fsp3) is 0.342. The smallest absolute Gasteiger partial charge is 0.416 e. The van der Waals surface area contributed by atoms with Gasteiger partial charge in [0.15, 0.2) is 5.65 Å². The number of benzene rings is 3. The lowest BCUT2D eigenvalue weighted by molar-refractivity contribution is -0.137. The number of rotatable bonds is 10. The number of fused-ring (bicyclic) bond motifs is 1. The minimum Gasteiger partial charge on any atom is -0.444 e. The van der Waals surface area contributed by atoms with E-state index in [4.69, 9.17) is 14.6 Å². The zero-order chi connectivity index (χ0) is 35.5. The number of carbonyl (C=O) groups is 1. The highest BCUT2D eigenvalue weighted by atomic mass is 28.3. The number of ether oxygens (including phenoxy) is 2. The zero-order valence-electron chi connectivity index (χ0n) is 28.7. The molecule has 2 heterocycles. The Labute approximate surface area is 286 Å². The van der Waals surface area contributed by atoms with E-state index >= 15 is 0 Å². The molecule has 0 aliphatic rings. The van der Waals surface area contributed by atoms with Gasteiger partial charge in [0, 0.05) is 29.9 Å². The van der Waals surface area contributed by atoms with Gasteiger partial charge in [-0.15, -0.1) is 0 Å². The molecule has 0 saturated heterocycles. The highest BCUT2D eigenvalue weighted by Crippen LogP contribution is 2.37. The first kappa shape index (κ1) is 35.8. The molecule has 0 aliphatic carbocycles. The number of alkyl halides is 3. The van der Waals surface area contributed by atoms with E-state index in [9.17, 15) is 18.0 Å². The number of alkyl carbamates (subject to hydrolysis) is 1. The van der Waals surface area contributed by atoms with E-state index in [1.165, 1.54) is 22.5 Å². The lowest BCUT2D eigenvalue weighted by Crippen LogP contribution is -2.67. The molecule has 7 nitrogen and oxygen atoms in total. The number of carbonyl (C=O) groups excluding carboxylic acids is 1. The van der Waals surface area contributed by atoms with E-state index in [-0.39, 0.29) is 18.2 Å². The van der Waals surface area contributed by atoms with E-state index in [1.54, 1.807) is 37.7 Å². The first-order valence-electron chi connectivity index (χ1n) is 16.3. The van der Waals surface area contributed by atoms with Crippen LogP contribution in [0.1, 0.15) is 53.1 Å². The third-order valence-electron chi connectivity index (χ3n) is 8.62. The van der Waals surface area contributed by atoms with Crippen LogP contribution in [-0.4, -0.2) is 53.9 Å². The second-order valence-corrected chi connectivity index (χ2v) is 18.9. The maximum absolute atomic E-state index is 13.3. The predicted molar refractivity (Wildman–Crippen MR) is 190 cm³/mol. The van der Waals surface area contributed by atoms with Crippen LogP contribution >= 0.6 is 0 Å². The third kappa shape index (κ3) is 8.05. The van der Waals surface area contributed by atoms with Crippen LogP contribution in [0.4, 0.5) is 18.0 Å². The maximum Gasteiger partial charge on any atom is 0.416 e. The van der Waals surface area contributed by atoms with E-state index in [0.29, 0.717) is 28.5 Å². The van der Waals surface area contributed by atoms with E-state index in [0.717, 1.165) is 12.1 Å². The number of amides is 1. The fourth-order valence-electron chi connectivity index (χ4n) is 6.20. The molecule has 0 aliphatic heterocycles. The van der Waals surface area contributed by atoms with Crippen LogP contribution in [0.3, 0.4) is 0 Å². The van der Waals surface area contributed by atoms with Gasteiger partial charge in [-0.2, -0.15) is 18.3 Å². The van der Waals surface area contributed by atoms with Crippen molar-refractivity contribution in [1.29, 1.82) is 0 Å². The normalized spacial score (nSPS) is 13.3. The second-order valence-electron chi connectivity index (χ2n) is 14.2. The molecule has 2 aromatic heterocycles. The summed E-state index contributed by atoms with van der Waals surface area (Å²) < 4.78 is 54.0. The van der Waals surface area contributed by atoms with Crippen molar-refractivity contribution < 1.29 is 27.4 Å².